The molecule has 3 heteroatoms. The van der Waals surface area contributed by atoms with Crippen molar-refractivity contribution in [1.29, 1.82) is 0 Å². The first-order valence-corrected chi connectivity index (χ1v) is 5.46. The van der Waals surface area contributed by atoms with Gasteiger partial charge in [0.05, 0.1) is 0 Å². The average molecular weight is 231 g/mol. The maximum Gasteiger partial charge on any atom is 0.246 e. The van der Waals surface area contributed by atoms with Gasteiger partial charge in [-0.15, -0.1) is 0 Å². The lowest BCUT2D eigenvalue weighted by Crippen LogP contribution is -2.24. The molecule has 1 aromatic rings. The highest BCUT2D eigenvalue weighted by molar-refractivity contribution is 5.87. The number of hydrogen-bond donors (Lipinski definition) is 1. The highest BCUT2D eigenvalue weighted by Crippen LogP contribution is 2.11. The summed E-state index contributed by atoms with van der Waals surface area (Å²) in [6.45, 7) is 2.42. The van der Waals surface area contributed by atoms with E-state index in [0.29, 0.717) is 6.54 Å². The number of benzene rings is 1. The largest absolute Gasteiger partial charge is 0.508 e. The molecule has 0 spiro atoms. The number of nitrogens with zero attached hydrogens (tertiary/aromatic N) is 1. The van der Waals surface area contributed by atoms with Crippen LogP contribution in [0.2, 0.25) is 0 Å². The van der Waals surface area contributed by atoms with Crippen molar-refractivity contribution in [2.24, 2.45) is 0 Å². The van der Waals surface area contributed by atoms with Gasteiger partial charge in [0.15, 0.2) is 0 Å². The second-order valence-electron chi connectivity index (χ2n) is 3.75. The molecule has 0 unspecified atom stereocenters. The average Bonchev–Trinajstić information content (AvgIpc) is 2.32. The normalized spacial score (nSPS) is 11.2. The fraction of sp³-hybridized carbons (Fsp3) is 0.214. The molecular formula is C14H17NO2. The summed E-state index contributed by atoms with van der Waals surface area (Å²) in [4.78, 5) is 13.3. The van der Waals surface area contributed by atoms with E-state index >= 15 is 0 Å². The number of allylic oxidation sites excluding steroid dienone is 3. The second-order valence-corrected chi connectivity index (χ2v) is 3.75. The zero-order valence-electron chi connectivity index (χ0n) is 10.1. The molecule has 1 aromatic carbocycles. The summed E-state index contributed by atoms with van der Waals surface area (Å²) in [6, 6.07) is 6.83. The van der Waals surface area contributed by atoms with E-state index in [1.54, 1.807) is 42.3 Å². The van der Waals surface area contributed by atoms with Gasteiger partial charge in [-0.25, -0.2) is 0 Å². The third-order valence-corrected chi connectivity index (χ3v) is 2.27. The predicted molar refractivity (Wildman–Crippen MR) is 68.5 cm³/mol. The number of carbonyl (C=O) groups excluding carboxylic acids is 1. The van der Waals surface area contributed by atoms with Gasteiger partial charge in [-0.2, -0.15) is 0 Å². The molecule has 0 aliphatic heterocycles. The minimum Gasteiger partial charge on any atom is -0.508 e. The van der Waals surface area contributed by atoms with Crippen molar-refractivity contribution in [3.8, 4) is 5.75 Å². The maximum absolute atomic E-state index is 11.6. The van der Waals surface area contributed by atoms with Gasteiger partial charge in [0.25, 0.3) is 0 Å². The van der Waals surface area contributed by atoms with Crippen LogP contribution in [-0.2, 0) is 11.3 Å². The van der Waals surface area contributed by atoms with Gasteiger partial charge in [0.2, 0.25) is 5.91 Å². The van der Waals surface area contributed by atoms with E-state index in [-0.39, 0.29) is 11.7 Å². The molecule has 90 valence electrons. The number of aromatic hydroxyl groups is 1. The Kier molecular flexibility index (Phi) is 5.01. The summed E-state index contributed by atoms with van der Waals surface area (Å²) < 4.78 is 0. The summed E-state index contributed by atoms with van der Waals surface area (Å²) in [6.07, 6.45) is 6.92. The first-order valence-electron chi connectivity index (χ1n) is 5.46. The van der Waals surface area contributed by atoms with E-state index in [1.165, 1.54) is 6.08 Å². The van der Waals surface area contributed by atoms with E-state index in [1.807, 2.05) is 19.1 Å². The van der Waals surface area contributed by atoms with Crippen LogP contribution in [0, 0.1) is 0 Å². The molecule has 1 amide bonds. The number of likely N-dealkylation sites (N-methyl/N-ethyl adjacent to an activating group) is 1. The van der Waals surface area contributed by atoms with Crippen molar-refractivity contribution in [3.63, 3.8) is 0 Å². The van der Waals surface area contributed by atoms with Crippen LogP contribution in [0.5, 0.6) is 5.75 Å². The van der Waals surface area contributed by atoms with E-state index in [9.17, 15) is 4.79 Å². The lowest BCUT2D eigenvalue weighted by molar-refractivity contribution is -0.125. The summed E-state index contributed by atoms with van der Waals surface area (Å²) in [5.41, 5.74) is 0.984. The van der Waals surface area contributed by atoms with Crippen LogP contribution >= 0.6 is 0 Å². The Bertz CT molecular complexity index is 418. The molecule has 0 aromatic heterocycles. The molecular weight excluding hydrogens is 214 g/mol. The molecule has 0 saturated carbocycles. The van der Waals surface area contributed by atoms with Gasteiger partial charge in [-0.1, -0.05) is 30.4 Å². The lowest BCUT2D eigenvalue weighted by Gasteiger charge is -2.14. The van der Waals surface area contributed by atoms with Gasteiger partial charge in [-0.05, 0) is 24.6 Å². The molecule has 0 atom stereocenters. The number of rotatable bonds is 4. The molecule has 0 heterocycles. The Balaban J connectivity index is 2.56. The molecule has 0 radical (unpaired) electrons. The minimum atomic E-state index is -0.0452. The Morgan fingerprint density at radius 1 is 1.29 bits per heavy atom. The zero-order chi connectivity index (χ0) is 12.7. The highest BCUT2D eigenvalue weighted by Gasteiger charge is 2.04. The summed E-state index contributed by atoms with van der Waals surface area (Å²) in [5, 5.41) is 9.14. The van der Waals surface area contributed by atoms with Crippen LogP contribution in [0.3, 0.4) is 0 Å². The summed E-state index contributed by atoms with van der Waals surface area (Å²) in [7, 11) is 1.75. The minimum absolute atomic E-state index is 0.0452. The molecule has 0 aliphatic carbocycles. The van der Waals surface area contributed by atoms with E-state index in [2.05, 4.69) is 0 Å². The second kappa shape index (κ2) is 6.53. The molecule has 17 heavy (non-hydrogen) atoms. The van der Waals surface area contributed by atoms with E-state index < -0.39 is 0 Å². The van der Waals surface area contributed by atoms with Crippen LogP contribution in [-0.4, -0.2) is 23.0 Å². The zero-order valence-corrected chi connectivity index (χ0v) is 10.1. The van der Waals surface area contributed by atoms with Crippen LogP contribution in [0.4, 0.5) is 0 Å². The highest BCUT2D eigenvalue weighted by atomic mass is 16.3. The first-order chi connectivity index (χ1) is 8.13. The van der Waals surface area contributed by atoms with Crippen molar-refractivity contribution in [2.45, 2.75) is 13.5 Å². The van der Waals surface area contributed by atoms with E-state index in [0.717, 1.165) is 5.56 Å². The van der Waals surface area contributed by atoms with Gasteiger partial charge in [0.1, 0.15) is 5.75 Å². The fourth-order valence-electron chi connectivity index (χ4n) is 1.33. The first kappa shape index (κ1) is 13.0. The van der Waals surface area contributed by atoms with Gasteiger partial charge < -0.3 is 10.0 Å². The topological polar surface area (TPSA) is 40.5 Å². The Hall–Kier alpha value is -2.03. The van der Waals surface area contributed by atoms with Crippen molar-refractivity contribution >= 4 is 5.91 Å². The SMILES string of the molecule is C/C=C/C=C/C(=O)N(C)Cc1ccc(O)cc1. The molecule has 1 N–H and O–H groups in total. The molecule has 0 bridgehead atoms. The summed E-state index contributed by atoms with van der Waals surface area (Å²) in [5.74, 6) is 0.187. The Morgan fingerprint density at radius 2 is 1.94 bits per heavy atom. The number of phenols is 1. The standard InChI is InChI=1S/C14H17NO2/c1-3-4-5-6-14(17)15(2)11-12-7-9-13(16)10-8-12/h3-10,16H,11H2,1-2H3/b4-3+,6-5+. The van der Waals surface area contributed by atoms with Crippen LogP contribution in [0.25, 0.3) is 0 Å². The molecule has 0 aliphatic rings. The number of hydrogen-bond acceptors (Lipinski definition) is 2. The number of amides is 1. The molecule has 1 rings (SSSR count). The quantitative estimate of drug-likeness (QED) is 0.639. The monoisotopic (exact) mass is 231 g/mol. The third kappa shape index (κ3) is 4.55. The van der Waals surface area contributed by atoms with Crippen molar-refractivity contribution in [1.82, 2.24) is 4.90 Å². The Labute approximate surface area is 102 Å². The van der Waals surface area contributed by atoms with Gasteiger partial charge in [0, 0.05) is 19.7 Å². The predicted octanol–water partition coefficient (Wildman–Crippen LogP) is 2.48. The molecule has 0 fully saturated rings. The number of phenolic OH excluding ortho intramolecular Hbond substituents is 1. The molecule has 3 nitrogen and oxygen atoms in total. The van der Waals surface area contributed by atoms with Gasteiger partial charge in [-0.3, -0.25) is 4.79 Å². The van der Waals surface area contributed by atoms with Gasteiger partial charge >= 0.3 is 0 Å². The maximum atomic E-state index is 11.6. The fourth-order valence-corrected chi connectivity index (χ4v) is 1.33. The number of carbonyl (C=O) groups is 1. The third-order valence-electron chi connectivity index (χ3n) is 2.27. The van der Waals surface area contributed by atoms with Crippen LogP contribution in [0.15, 0.2) is 48.6 Å². The van der Waals surface area contributed by atoms with Crippen LogP contribution < -0.4 is 0 Å². The van der Waals surface area contributed by atoms with Crippen LogP contribution in [0.1, 0.15) is 12.5 Å². The van der Waals surface area contributed by atoms with Crippen molar-refractivity contribution in [3.05, 3.63) is 54.1 Å². The lowest BCUT2D eigenvalue weighted by atomic mass is 10.2. The molecule has 0 saturated heterocycles. The van der Waals surface area contributed by atoms with Crippen molar-refractivity contribution < 1.29 is 9.90 Å². The smallest absolute Gasteiger partial charge is 0.246 e. The van der Waals surface area contributed by atoms with Crippen molar-refractivity contribution in [2.75, 3.05) is 7.05 Å². The summed E-state index contributed by atoms with van der Waals surface area (Å²) >= 11 is 0. The van der Waals surface area contributed by atoms with E-state index in [4.69, 9.17) is 5.11 Å². The Morgan fingerprint density at radius 3 is 2.53 bits per heavy atom.